The number of anilines is 1. The van der Waals surface area contributed by atoms with Crippen molar-refractivity contribution in [3.8, 4) is 11.5 Å². The van der Waals surface area contributed by atoms with E-state index in [-0.39, 0.29) is 18.5 Å². The summed E-state index contributed by atoms with van der Waals surface area (Å²) in [7, 11) is 1.61. The molecule has 3 N–H and O–H groups in total. The molecule has 0 bridgehead atoms. The number of fused-ring (bicyclic) bond motifs is 1. The van der Waals surface area contributed by atoms with Crippen molar-refractivity contribution in [2.24, 2.45) is 4.99 Å². The molecule has 0 fully saturated rings. The minimum absolute atomic E-state index is 0.190. The number of pyridine rings is 1. The van der Waals surface area contributed by atoms with Crippen LogP contribution in [0.15, 0.2) is 47.6 Å². The van der Waals surface area contributed by atoms with Crippen molar-refractivity contribution in [2.75, 3.05) is 38.6 Å². The third kappa shape index (κ3) is 5.66. The lowest BCUT2D eigenvalue weighted by atomic mass is 10.2. The monoisotopic (exact) mass is 409 g/mol. The predicted molar refractivity (Wildman–Crippen MR) is 103 cm³/mol. The summed E-state index contributed by atoms with van der Waals surface area (Å²) in [6.45, 7) is 1.44. The smallest absolute Gasteiger partial charge is 0.419 e. The minimum Gasteiger partial charge on any atom is -0.486 e. The van der Waals surface area contributed by atoms with Crippen LogP contribution in [0.3, 0.4) is 0 Å². The van der Waals surface area contributed by atoms with Gasteiger partial charge in [-0.15, -0.1) is 0 Å². The zero-order chi connectivity index (χ0) is 20.7. The Morgan fingerprint density at radius 2 is 1.93 bits per heavy atom. The first-order chi connectivity index (χ1) is 14.0. The van der Waals surface area contributed by atoms with E-state index in [0.29, 0.717) is 37.2 Å². The molecular formula is C19H22F3N5O2. The van der Waals surface area contributed by atoms with Crippen LogP contribution >= 0.6 is 0 Å². The van der Waals surface area contributed by atoms with E-state index in [4.69, 9.17) is 9.47 Å². The van der Waals surface area contributed by atoms with E-state index in [1.807, 2.05) is 24.3 Å². The molecular weight excluding hydrogens is 387 g/mol. The van der Waals surface area contributed by atoms with E-state index in [1.165, 1.54) is 12.3 Å². The van der Waals surface area contributed by atoms with Gasteiger partial charge in [-0.05, 0) is 24.3 Å². The van der Waals surface area contributed by atoms with Crippen LogP contribution in [-0.2, 0) is 6.18 Å². The molecule has 0 saturated carbocycles. The maximum absolute atomic E-state index is 13.0. The molecule has 1 unspecified atom stereocenters. The number of alkyl halides is 3. The van der Waals surface area contributed by atoms with Gasteiger partial charge in [0.2, 0.25) is 0 Å². The van der Waals surface area contributed by atoms with Gasteiger partial charge in [0, 0.05) is 26.3 Å². The molecule has 1 aliphatic heterocycles. The van der Waals surface area contributed by atoms with Crippen molar-refractivity contribution in [1.29, 1.82) is 0 Å². The summed E-state index contributed by atoms with van der Waals surface area (Å²) in [6.07, 6.45) is -3.33. The molecule has 3 rings (SSSR count). The van der Waals surface area contributed by atoms with Crippen LogP contribution in [0.5, 0.6) is 11.5 Å². The molecule has 0 spiro atoms. The third-order valence-corrected chi connectivity index (χ3v) is 4.11. The molecule has 7 nitrogen and oxygen atoms in total. The quantitative estimate of drug-likeness (QED) is 0.387. The first-order valence-corrected chi connectivity index (χ1v) is 9.06. The van der Waals surface area contributed by atoms with Crippen molar-refractivity contribution >= 4 is 11.8 Å². The second-order valence-corrected chi connectivity index (χ2v) is 6.20. The highest BCUT2D eigenvalue weighted by Crippen LogP contribution is 2.33. The highest BCUT2D eigenvalue weighted by atomic mass is 19.4. The molecule has 2 aromatic rings. The maximum Gasteiger partial charge on any atom is 0.419 e. The minimum atomic E-state index is -4.46. The topological polar surface area (TPSA) is 79.8 Å². The van der Waals surface area contributed by atoms with Crippen LogP contribution < -0.4 is 25.4 Å². The van der Waals surface area contributed by atoms with E-state index in [0.717, 1.165) is 6.07 Å². The number of para-hydroxylation sites is 2. The molecule has 0 radical (unpaired) electrons. The van der Waals surface area contributed by atoms with Crippen LogP contribution in [0.1, 0.15) is 5.56 Å². The van der Waals surface area contributed by atoms with Gasteiger partial charge in [0.15, 0.2) is 17.5 Å². The Balaban J connectivity index is 1.42. The highest BCUT2D eigenvalue weighted by Gasteiger charge is 2.33. The normalized spacial score (nSPS) is 16.3. The van der Waals surface area contributed by atoms with Gasteiger partial charge in [0.25, 0.3) is 0 Å². The summed E-state index contributed by atoms with van der Waals surface area (Å²) in [4.78, 5) is 7.86. The standard InChI is InChI=1S/C19H22F3N5O2/c1-23-18(27-11-13-12-28-15-6-2-3-7-16(15)29-13)26-10-9-25-17-14(19(20,21)22)5-4-8-24-17/h2-8,13H,9-12H2,1H3,(H,24,25)(H2,23,26,27). The van der Waals surface area contributed by atoms with Gasteiger partial charge in [0.1, 0.15) is 18.5 Å². The predicted octanol–water partition coefficient (Wildman–Crippen LogP) is 2.52. The molecule has 29 heavy (non-hydrogen) atoms. The average Bonchev–Trinajstić information content (AvgIpc) is 2.72. The molecule has 1 aromatic heterocycles. The van der Waals surface area contributed by atoms with Crippen molar-refractivity contribution in [3.63, 3.8) is 0 Å². The molecule has 10 heteroatoms. The Morgan fingerprint density at radius 1 is 1.14 bits per heavy atom. The SMILES string of the molecule is CN=C(NCCNc1ncccc1C(F)(F)F)NCC1COc2ccccc2O1. The molecule has 2 heterocycles. The van der Waals surface area contributed by atoms with Crippen LogP contribution in [0.25, 0.3) is 0 Å². The number of aromatic nitrogens is 1. The first-order valence-electron chi connectivity index (χ1n) is 9.06. The van der Waals surface area contributed by atoms with Crippen molar-refractivity contribution in [2.45, 2.75) is 12.3 Å². The number of nitrogens with one attached hydrogen (secondary N) is 3. The van der Waals surface area contributed by atoms with Crippen molar-refractivity contribution in [3.05, 3.63) is 48.2 Å². The fourth-order valence-electron chi connectivity index (χ4n) is 2.73. The third-order valence-electron chi connectivity index (χ3n) is 4.11. The Labute approximate surface area is 166 Å². The van der Waals surface area contributed by atoms with Gasteiger partial charge in [-0.1, -0.05) is 12.1 Å². The number of nitrogens with zero attached hydrogens (tertiary/aromatic N) is 2. The summed E-state index contributed by atoms with van der Waals surface area (Å²) < 4.78 is 50.4. The largest absolute Gasteiger partial charge is 0.486 e. The van der Waals surface area contributed by atoms with Crippen LogP contribution in [-0.4, -0.2) is 50.3 Å². The second-order valence-electron chi connectivity index (χ2n) is 6.20. The Hall–Kier alpha value is -3.17. The van der Waals surface area contributed by atoms with Crippen LogP contribution in [0.4, 0.5) is 19.0 Å². The fourth-order valence-corrected chi connectivity index (χ4v) is 2.73. The maximum atomic E-state index is 13.0. The summed E-state index contributed by atoms with van der Waals surface area (Å²) in [5.74, 6) is 1.71. The van der Waals surface area contributed by atoms with Crippen molar-refractivity contribution < 1.29 is 22.6 Å². The van der Waals surface area contributed by atoms with Gasteiger partial charge in [-0.2, -0.15) is 13.2 Å². The first kappa shape index (κ1) is 20.6. The van der Waals surface area contributed by atoms with Gasteiger partial charge >= 0.3 is 6.18 Å². The van der Waals surface area contributed by atoms with E-state index in [2.05, 4.69) is 25.9 Å². The van der Waals surface area contributed by atoms with Gasteiger partial charge < -0.3 is 25.4 Å². The number of benzene rings is 1. The summed E-state index contributed by atoms with van der Waals surface area (Å²) in [5, 5.41) is 8.84. The zero-order valence-corrected chi connectivity index (χ0v) is 15.8. The molecule has 1 aliphatic rings. The van der Waals surface area contributed by atoms with Crippen molar-refractivity contribution in [1.82, 2.24) is 15.6 Å². The number of guanidine groups is 1. The molecule has 156 valence electrons. The Kier molecular flexibility index (Phi) is 6.63. The lowest BCUT2D eigenvalue weighted by Gasteiger charge is -2.27. The lowest BCUT2D eigenvalue weighted by molar-refractivity contribution is -0.137. The number of hydrogen-bond acceptors (Lipinski definition) is 5. The Bertz CT molecular complexity index is 845. The molecule has 1 aromatic carbocycles. The number of aliphatic imine (C=N–C) groups is 1. The highest BCUT2D eigenvalue weighted by molar-refractivity contribution is 5.79. The van der Waals surface area contributed by atoms with Crippen LogP contribution in [0, 0.1) is 0 Å². The van der Waals surface area contributed by atoms with E-state index < -0.39 is 11.7 Å². The number of rotatable bonds is 6. The van der Waals surface area contributed by atoms with Gasteiger partial charge in [-0.25, -0.2) is 4.98 Å². The number of halogens is 3. The molecule has 0 saturated heterocycles. The summed E-state index contributed by atoms with van der Waals surface area (Å²) >= 11 is 0. The van der Waals surface area contributed by atoms with E-state index in [9.17, 15) is 13.2 Å². The zero-order valence-electron chi connectivity index (χ0n) is 15.8. The molecule has 0 aliphatic carbocycles. The van der Waals surface area contributed by atoms with E-state index in [1.54, 1.807) is 7.05 Å². The van der Waals surface area contributed by atoms with Gasteiger partial charge in [0.05, 0.1) is 12.1 Å². The fraction of sp³-hybridized carbons (Fsp3) is 0.368. The second kappa shape index (κ2) is 9.35. The Morgan fingerprint density at radius 3 is 2.69 bits per heavy atom. The molecule has 1 atom stereocenters. The van der Waals surface area contributed by atoms with E-state index >= 15 is 0 Å². The molecule has 0 amide bonds. The average molecular weight is 409 g/mol. The lowest BCUT2D eigenvalue weighted by Crippen LogP contribution is -2.46. The number of hydrogen-bond donors (Lipinski definition) is 3. The summed E-state index contributed by atoms with van der Waals surface area (Å²) in [5.41, 5.74) is -0.794. The van der Waals surface area contributed by atoms with Crippen LogP contribution in [0.2, 0.25) is 0 Å². The van der Waals surface area contributed by atoms with Gasteiger partial charge in [-0.3, -0.25) is 4.99 Å². The summed E-state index contributed by atoms with van der Waals surface area (Å²) in [6, 6.07) is 9.69. The number of ether oxygens (including phenoxy) is 2.